The largest absolute Gasteiger partial charge is 0.489 e. The van der Waals surface area contributed by atoms with Crippen LogP contribution in [0.5, 0.6) is 5.75 Å². The van der Waals surface area contributed by atoms with Crippen molar-refractivity contribution in [3.8, 4) is 5.75 Å². The van der Waals surface area contributed by atoms with Crippen molar-refractivity contribution in [3.63, 3.8) is 0 Å². The first-order chi connectivity index (χ1) is 11.6. The number of nitrogens with one attached hydrogen (secondary N) is 1. The molecule has 0 aliphatic carbocycles. The van der Waals surface area contributed by atoms with Gasteiger partial charge in [0.05, 0.1) is 6.42 Å². The van der Waals surface area contributed by atoms with Gasteiger partial charge in [-0.3, -0.25) is 4.79 Å². The Kier molecular flexibility index (Phi) is 7.09. The first-order valence-electron chi connectivity index (χ1n) is 7.93. The van der Waals surface area contributed by atoms with E-state index >= 15 is 0 Å². The first-order valence-corrected chi connectivity index (χ1v) is 8.31. The zero-order valence-electron chi connectivity index (χ0n) is 14.1. The van der Waals surface area contributed by atoms with Gasteiger partial charge < -0.3 is 15.0 Å². The van der Waals surface area contributed by atoms with Gasteiger partial charge in [-0.25, -0.2) is 0 Å². The molecule has 0 unspecified atom stereocenters. The summed E-state index contributed by atoms with van der Waals surface area (Å²) in [5.41, 5.74) is 1.95. The van der Waals surface area contributed by atoms with Crippen molar-refractivity contribution in [1.29, 1.82) is 0 Å². The number of benzene rings is 2. The predicted molar refractivity (Wildman–Crippen MR) is 97.5 cm³/mol. The summed E-state index contributed by atoms with van der Waals surface area (Å²) < 4.78 is 5.80. The van der Waals surface area contributed by atoms with Gasteiger partial charge in [-0.1, -0.05) is 35.9 Å². The number of likely N-dealkylation sites (N-methyl/N-ethyl adjacent to an activating group) is 2. The number of carbonyl (C=O) groups excluding carboxylic acids is 1. The average molecular weight is 347 g/mol. The maximum atomic E-state index is 12.2. The summed E-state index contributed by atoms with van der Waals surface area (Å²) >= 11 is 5.97. The van der Waals surface area contributed by atoms with Gasteiger partial charge in [0.1, 0.15) is 12.4 Å². The van der Waals surface area contributed by atoms with Gasteiger partial charge >= 0.3 is 0 Å². The summed E-state index contributed by atoms with van der Waals surface area (Å²) in [6, 6.07) is 15.2. The van der Waals surface area contributed by atoms with Gasteiger partial charge in [0.2, 0.25) is 5.91 Å². The highest BCUT2D eigenvalue weighted by Gasteiger charge is 2.09. The van der Waals surface area contributed by atoms with Crippen LogP contribution in [0.15, 0.2) is 48.5 Å². The minimum absolute atomic E-state index is 0.0947. The fourth-order valence-electron chi connectivity index (χ4n) is 2.25. The summed E-state index contributed by atoms with van der Waals surface area (Å²) in [4.78, 5) is 13.9. The fraction of sp³-hybridized carbons (Fsp3) is 0.316. The molecular weight excluding hydrogens is 324 g/mol. The lowest BCUT2D eigenvalue weighted by atomic mass is 10.1. The Morgan fingerprint density at radius 3 is 2.67 bits per heavy atom. The van der Waals surface area contributed by atoms with E-state index in [9.17, 15) is 4.79 Å². The smallest absolute Gasteiger partial charge is 0.226 e. The van der Waals surface area contributed by atoms with E-state index in [2.05, 4.69) is 5.32 Å². The maximum Gasteiger partial charge on any atom is 0.226 e. The van der Waals surface area contributed by atoms with E-state index in [-0.39, 0.29) is 5.91 Å². The zero-order chi connectivity index (χ0) is 17.4. The molecule has 24 heavy (non-hydrogen) atoms. The van der Waals surface area contributed by atoms with Crippen molar-refractivity contribution < 1.29 is 9.53 Å². The Morgan fingerprint density at radius 2 is 1.92 bits per heavy atom. The molecule has 0 fully saturated rings. The second-order valence-corrected chi connectivity index (χ2v) is 6.10. The highest BCUT2D eigenvalue weighted by atomic mass is 35.5. The molecule has 1 N–H and O–H groups in total. The molecule has 0 aliphatic rings. The third-order valence-corrected chi connectivity index (χ3v) is 3.91. The summed E-state index contributed by atoms with van der Waals surface area (Å²) in [6.07, 6.45) is 0.370. The minimum atomic E-state index is 0.0947. The van der Waals surface area contributed by atoms with Crippen LogP contribution in [0.25, 0.3) is 0 Å². The molecule has 0 aliphatic heterocycles. The van der Waals surface area contributed by atoms with E-state index in [0.717, 1.165) is 23.4 Å². The second-order valence-electron chi connectivity index (χ2n) is 5.66. The van der Waals surface area contributed by atoms with Crippen molar-refractivity contribution in [2.75, 3.05) is 27.2 Å². The summed E-state index contributed by atoms with van der Waals surface area (Å²) in [5, 5.41) is 3.73. The average Bonchev–Trinajstić information content (AvgIpc) is 2.58. The number of ether oxygens (including phenoxy) is 1. The van der Waals surface area contributed by atoms with E-state index in [1.54, 1.807) is 4.90 Å². The Balaban J connectivity index is 1.92. The van der Waals surface area contributed by atoms with Crippen molar-refractivity contribution in [2.24, 2.45) is 0 Å². The molecule has 2 aromatic rings. The highest BCUT2D eigenvalue weighted by molar-refractivity contribution is 6.30. The number of carbonyl (C=O) groups is 1. The standard InChI is InChI=1S/C19H23ClN2O2/c1-21-9-10-22(2)19(23)13-15-5-4-8-18(12-15)24-14-16-6-3-7-17(20)11-16/h3-8,11-12,21H,9-10,13-14H2,1-2H3. The fourth-order valence-corrected chi connectivity index (χ4v) is 2.47. The normalized spacial score (nSPS) is 10.5. The molecule has 0 radical (unpaired) electrons. The molecule has 5 heteroatoms. The molecule has 0 heterocycles. The molecule has 0 saturated heterocycles. The number of amides is 1. The van der Waals surface area contributed by atoms with E-state index in [1.807, 2.05) is 62.6 Å². The van der Waals surface area contributed by atoms with Crippen LogP contribution in [0, 0.1) is 0 Å². The zero-order valence-corrected chi connectivity index (χ0v) is 14.8. The van der Waals surface area contributed by atoms with Crippen LogP contribution in [-0.2, 0) is 17.8 Å². The lowest BCUT2D eigenvalue weighted by Crippen LogP contribution is -2.33. The molecule has 4 nitrogen and oxygen atoms in total. The summed E-state index contributed by atoms with van der Waals surface area (Å²) in [7, 11) is 3.69. The van der Waals surface area contributed by atoms with Gasteiger partial charge in [-0.15, -0.1) is 0 Å². The van der Waals surface area contributed by atoms with Gasteiger partial charge in [0.15, 0.2) is 0 Å². The molecule has 1 amide bonds. The number of rotatable bonds is 8. The molecular formula is C19H23ClN2O2. The van der Waals surface area contributed by atoms with Gasteiger partial charge in [0.25, 0.3) is 0 Å². The molecule has 2 rings (SSSR count). The number of hydrogen-bond donors (Lipinski definition) is 1. The SMILES string of the molecule is CNCCN(C)C(=O)Cc1cccc(OCc2cccc(Cl)c2)c1. The topological polar surface area (TPSA) is 41.6 Å². The van der Waals surface area contributed by atoms with Crippen LogP contribution < -0.4 is 10.1 Å². The maximum absolute atomic E-state index is 12.2. The Labute approximate surface area is 148 Å². The molecule has 0 saturated carbocycles. The van der Waals surface area contributed by atoms with Crippen LogP contribution >= 0.6 is 11.6 Å². The highest BCUT2D eigenvalue weighted by Crippen LogP contribution is 2.17. The summed E-state index contributed by atoms with van der Waals surface area (Å²) in [6.45, 7) is 1.92. The molecule has 2 aromatic carbocycles. The monoisotopic (exact) mass is 346 g/mol. The van der Waals surface area contributed by atoms with E-state index in [4.69, 9.17) is 16.3 Å². The Hall–Kier alpha value is -2.04. The van der Waals surface area contributed by atoms with Crippen LogP contribution in [-0.4, -0.2) is 38.0 Å². The van der Waals surface area contributed by atoms with E-state index in [0.29, 0.717) is 24.6 Å². The Morgan fingerprint density at radius 1 is 1.17 bits per heavy atom. The van der Waals surface area contributed by atoms with Crippen LogP contribution in [0.3, 0.4) is 0 Å². The summed E-state index contributed by atoms with van der Waals surface area (Å²) in [5.74, 6) is 0.843. The number of hydrogen-bond acceptors (Lipinski definition) is 3. The Bertz CT molecular complexity index is 676. The van der Waals surface area contributed by atoms with Crippen LogP contribution in [0.4, 0.5) is 0 Å². The predicted octanol–water partition coefficient (Wildman–Crippen LogP) is 3.14. The number of halogens is 1. The number of nitrogens with zero attached hydrogens (tertiary/aromatic N) is 1. The molecule has 0 atom stereocenters. The van der Waals surface area contributed by atoms with Crippen molar-refractivity contribution in [1.82, 2.24) is 10.2 Å². The molecule has 128 valence electrons. The second kappa shape index (κ2) is 9.30. The van der Waals surface area contributed by atoms with Crippen molar-refractivity contribution in [2.45, 2.75) is 13.0 Å². The first kappa shape index (κ1) is 18.3. The lowest BCUT2D eigenvalue weighted by Gasteiger charge is -2.17. The molecule has 0 bridgehead atoms. The minimum Gasteiger partial charge on any atom is -0.489 e. The van der Waals surface area contributed by atoms with Gasteiger partial charge in [0, 0.05) is 25.2 Å². The molecule has 0 spiro atoms. The van der Waals surface area contributed by atoms with Crippen LogP contribution in [0.1, 0.15) is 11.1 Å². The third-order valence-electron chi connectivity index (χ3n) is 3.67. The molecule has 0 aromatic heterocycles. The van der Waals surface area contributed by atoms with E-state index in [1.165, 1.54) is 0 Å². The van der Waals surface area contributed by atoms with Crippen LogP contribution in [0.2, 0.25) is 5.02 Å². The van der Waals surface area contributed by atoms with Crippen molar-refractivity contribution in [3.05, 3.63) is 64.7 Å². The quantitative estimate of drug-likeness (QED) is 0.798. The third kappa shape index (κ3) is 5.87. The van der Waals surface area contributed by atoms with Gasteiger partial charge in [-0.2, -0.15) is 0 Å². The van der Waals surface area contributed by atoms with Crippen molar-refractivity contribution >= 4 is 17.5 Å². The van der Waals surface area contributed by atoms with Gasteiger partial charge in [-0.05, 0) is 42.4 Å². The van der Waals surface area contributed by atoms with E-state index < -0.39 is 0 Å². The lowest BCUT2D eigenvalue weighted by molar-refractivity contribution is -0.129.